The first-order valence-electron chi connectivity index (χ1n) is 1.00. The number of hydrogen-bond acceptors (Lipinski definition) is 4. The van der Waals surface area contributed by atoms with Gasteiger partial charge in [0.2, 0.25) is 0 Å². The Morgan fingerprint density at radius 2 is 1.50 bits per heavy atom. The topological polar surface area (TPSA) is 137 Å². The number of phosphoric acid groups is 1. The van der Waals surface area contributed by atoms with Crippen molar-refractivity contribution >= 4 is 17.3 Å². The standard InChI is InChI=1S/2H3N.H4O4P2/c;;1-6(2,3)4-5/h2*1H3;5H2,(H2,1,2,3). The molecule has 0 aliphatic heterocycles. The van der Waals surface area contributed by atoms with Crippen molar-refractivity contribution in [2.45, 2.75) is 0 Å². The Bertz CT molecular complexity index is 76.1. The molecule has 0 aromatic heterocycles. The van der Waals surface area contributed by atoms with E-state index in [2.05, 4.69) is 4.31 Å². The normalized spacial score (nSPS) is 8.88. The first kappa shape index (κ1) is 15.8. The van der Waals surface area contributed by atoms with Gasteiger partial charge in [0, 0.05) is 9.47 Å². The van der Waals surface area contributed by atoms with Crippen molar-refractivity contribution in [2.24, 2.45) is 0 Å². The molecular formula is H10N2O4P2. The molecule has 0 aromatic rings. The SMILES string of the molecule is N.N.O=P(O)(O)OP. The summed E-state index contributed by atoms with van der Waals surface area (Å²) in [4.78, 5) is 15.4. The lowest BCUT2D eigenvalue weighted by Gasteiger charge is -1.93. The summed E-state index contributed by atoms with van der Waals surface area (Å²) in [5.74, 6) is 0. The molecule has 0 bridgehead atoms. The van der Waals surface area contributed by atoms with E-state index >= 15 is 0 Å². The van der Waals surface area contributed by atoms with E-state index in [4.69, 9.17) is 9.79 Å². The quantitative estimate of drug-likeness (QED) is 0.408. The molecule has 0 saturated heterocycles. The van der Waals surface area contributed by atoms with Gasteiger partial charge >= 0.3 is 7.82 Å². The highest BCUT2D eigenvalue weighted by atomic mass is 31.2. The van der Waals surface area contributed by atoms with Gasteiger partial charge in [0.25, 0.3) is 0 Å². The van der Waals surface area contributed by atoms with Crippen molar-refractivity contribution < 1.29 is 18.7 Å². The summed E-state index contributed by atoms with van der Waals surface area (Å²) < 4.78 is 13.0. The molecule has 0 radical (unpaired) electrons. The molecule has 8 N–H and O–H groups in total. The van der Waals surface area contributed by atoms with Crippen LogP contribution in [0.5, 0.6) is 0 Å². The first-order valence-corrected chi connectivity index (χ1v) is 3.00. The fourth-order valence-electron chi connectivity index (χ4n) is 0. The molecule has 0 amide bonds. The largest absolute Gasteiger partial charge is 0.472 e. The molecule has 0 aromatic carbocycles. The Kier molecular flexibility index (Phi) is 11.0. The molecule has 0 rings (SSSR count). The van der Waals surface area contributed by atoms with Gasteiger partial charge in [-0.25, -0.2) is 4.57 Å². The zero-order valence-corrected chi connectivity index (χ0v) is 6.20. The summed E-state index contributed by atoms with van der Waals surface area (Å²) in [5.41, 5.74) is 0. The summed E-state index contributed by atoms with van der Waals surface area (Å²) >= 11 is 0. The first-order chi connectivity index (χ1) is 2.56. The Labute approximate surface area is 49.3 Å². The highest BCUT2D eigenvalue weighted by Crippen LogP contribution is 2.38. The van der Waals surface area contributed by atoms with Crippen LogP contribution < -0.4 is 12.3 Å². The third-order valence-corrected chi connectivity index (χ3v) is 1.24. The zero-order chi connectivity index (χ0) is 5.21. The van der Waals surface area contributed by atoms with Gasteiger partial charge in [-0.3, -0.25) is 4.31 Å². The van der Waals surface area contributed by atoms with Crippen LogP contribution in [0.3, 0.4) is 0 Å². The molecule has 0 aliphatic carbocycles. The van der Waals surface area contributed by atoms with Crippen molar-refractivity contribution in [3.05, 3.63) is 0 Å². The lowest BCUT2D eigenvalue weighted by Crippen LogP contribution is -1.69. The van der Waals surface area contributed by atoms with E-state index in [0.29, 0.717) is 0 Å². The van der Waals surface area contributed by atoms with Gasteiger partial charge in [-0.05, 0) is 0 Å². The molecule has 0 aliphatic rings. The van der Waals surface area contributed by atoms with Crippen LogP contribution in [0.15, 0.2) is 0 Å². The van der Waals surface area contributed by atoms with Crippen LogP contribution >= 0.6 is 17.3 Å². The van der Waals surface area contributed by atoms with Gasteiger partial charge in [-0.15, -0.1) is 0 Å². The molecule has 54 valence electrons. The monoisotopic (exact) mass is 164 g/mol. The van der Waals surface area contributed by atoms with Crippen molar-refractivity contribution in [3.8, 4) is 0 Å². The minimum absolute atomic E-state index is 0. The molecule has 8 heteroatoms. The molecule has 1 unspecified atom stereocenters. The van der Waals surface area contributed by atoms with E-state index in [1.54, 1.807) is 0 Å². The Morgan fingerprint density at radius 1 is 1.38 bits per heavy atom. The second-order valence-electron chi connectivity index (χ2n) is 0.596. The summed E-state index contributed by atoms with van der Waals surface area (Å²) in [6, 6.07) is 0. The third-order valence-electron chi connectivity index (χ3n) is 0.137. The second-order valence-corrected chi connectivity index (χ2v) is 2.42. The lowest BCUT2D eigenvalue weighted by molar-refractivity contribution is 0.298. The predicted octanol–water partition coefficient (Wildman–Crippen LogP) is 0.210. The molecule has 0 fully saturated rings. The van der Waals surface area contributed by atoms with Crippen LogP contribution in [0.4, 0.5) is 0 Å². The fraction of sp³-hybridized carbons (Fsp3) is 0. The van der Waals surface area contributed by atoms with Crippen LogP contribution in [0.1, 0.15) is 0 Å². The van der Waals surface area contributed by atoms with Gasteiger partial charge in [0.1, 0.15) is 0 Å². The van der Waals surface area contributed by atoms with E-state index in [1.807, 2.05) is 0 Å². The van der Waals surface area contributed by atoms with E-state index in [1.165, 1.54) is 9.47 Å². The van der Waals surface area contributed by atoms with Gasteiger partial charge in [0.15, 0.2) is 0 Å². The molecule has 1 atom stereocenters. The van der Waals surface area contributed by atoms with Crippen LogP contribution in [0.25, 0.3) is 0 Å². The molecule has 8 heavy (non-hydrogen) atoms. The molecule has 0 spiro atoms. The number of rotatable bonds is 1. The van der Waals surface area contributed by atoms with Crippen molar-refractivity contribution in [1.29, 1.82) is 0 Å². The average Bonchev–Trinajstić information content (AvgIpc) is 1.35. The Morgan fingerprint density at radius 3 is 1.50 bits per heavy atom. The number of hydrogen-bond donors (Lipinski definition) is 4. The fourth-order valence-corrected chi connectivity index (χ4v) is 0. The predicted molar refractivity (Wildman–Crippen MR) is 32.9 cm³/mol. The van der Waals surface area contributed by atoms with Crippen molar-refractivity contribution in [1.82, 2.24) is 12.3 Å². The average molecular weight is 164 g/mol. The molecule has 0 saturated carbocycles. The third kappa shape index (κ3) is 16.1. The van der Waals surface area contributed by atoms with E-state index < -0.39 is 7.82 Å². The van der Waals surface area contributed by atoms with Gasteiger partial charge in [-0.1, -0.05) is 0 Å². The maximum Gasteiger partial charge on any atom is 0.472 e. The smallest absolute Gasteiger partial charge is 0.344 e. The Hall–Kier alpha value is 0.460. The minimum Gasteiger partial charge on any atom is -0.344 e. The van der Waals surface area contributed by atoms with Gasteiger partial charge < -0.3 is 22.1 Å². The minimum atomic E-state index is -4.18. The van der Waals surface area contributed by atoms with E-state index in [-0.39, 0.29) is 12.3 Å². The summed E-state index contributed by atoms with van der Waals surface area (Å²) in [6.45, 7) is 0. The van der Waals surface area contributed by atoms with Crippen LogP contribution in [0.2, 0.25) is 0 Å². The summed E-state index contributed by atoms with van der Waals surface area (Å²) in [5, 5.41) is 0. The second kappa shape index (κ2) is 5.59. The van der Waals surface area contributed by atoms with E-state index in [0.717, 1.165) is 0 Å². The highest BCUT2D eigenvalue weighted by molar-refractivity contribution is 7.51. The van der Waals surface area contributed by atoms with Crippen molar-refractivity contribution in [3.63, 3.8) is 0 Å². The van der Waals surface area contributed by atoms with Crippen LogP contribution in [-0.2, 0) is 8.88 Å². The Balaban J connectivity index is -0.000000125. The molecule has 6 nitrogen and oxygen atoms in total. The van der Waals surface area contributed by atoms with Crippen LogP contribution in [-0.4, -0.2) is 9.79 Å². The molecular weight excluding hydrogens is 154 g/mol. The summed E-state index contributed by atoms with van der Waals surface area (Å²) in [6.07, 6.45) is 0. The van der Waals surface area contributed by atoms with Crippen LogP contribution in [0, 0.1) is 0 Å². The summed E-state index contributed by atoms with van der Waals surface area (Å²) in [7, 11) is -2.72. The lowest BCUT2D eigenvalue weighted by atomic mass is 14.0. The van der Waals surface area contributed by atoms with Gasteiger partial charge in [-0.2, -0.15) is 0 Å². The zero-order valence-electron chi connectivity index (χ0n) is 4.15. The van der Waals surface area contributed by atoms with Crippen molar-refractivity contribution in [2.75, 3.05) is 0 Å². The maximum absolute atomic E-state index is 9.45. The van der Waals surface area contributed by atoms with Gasteiger partial charge in [0.05, 0.1) is 0 Å². The molecule has 0 heterocycles. The van der Waals surface area contributed by atoms with E-state index in [9.17, 15) is 4.57 Å². The highest BCUT2D eigenvalue weighted by Gasteiger charge is 2.07. The maximum atomic E-state index is 9.45.